The average Bonchev–Trinajstić information content (AvgIpc) is 2.73. The minimum atomic E-state index is 1.01. The molecule has 5 unspecified atom stereocenters. The molecule has 0 aliphatic heterocycles. The van der Waals surface area contributed by atoms with Crippen LogP contribution in [0, 0.1) is 41.4 Å². The Balaban J connectivity index is 1.47. The van der Waals surface area contributed by atoms with E-state index >= 15 is 0 Å². The molecule has 0 spiro atoms. The van der Waals surface area contributed by atoms with E-state index in [9.17, 15) is 0 Å². The van der Waals surface area contributed by atoms with Gasteiger partial charge in [0.15, 0.2) is 0 Å². The van der Waals surface area contributed by atoms with Crippen molar-refractivity contribution in [3.63, 3.8) is 0 Å². The van der Waals surface area contributed by atoms with Crippen LogP contribution >= 0.6 is 0 Å². The summed E-state index contributed by atoms with van der Waals surface area (Å²) in [6.07, 6.45) is 28.0. The molecule has 4 aliphatic rings. The van der Waals surface area contributed by atoms with Gasteiger partial charge in [-0.05, 0) is 60.7 Å². The van der Waals surface area contributed by atoms with Crippen LogP contribution in [0.4, 0.5) is 0 Å². The molecule has 26 heavy (non-hydrogen) atoms. The lowest BCUT2D eigenvalue weighted by atomic mass is 9.57. The zero-order valence-corrected chi connectivity index (χ0v) is 17.8. The van der Waals surface area contributed by atoms with Crippen molar-refractivity contribution >= 4 is 0 Å². The summed E-state index contributed by atoms with van der Waals surface area (Å²) in [7, 11) is 0. The molecule has 0 N–H and O–H groups in total. The van der Waals surface area contributed by atoms with E-state index in [1.807, 2.05) is 0 Å². The van der Waals surface area contributed by atoms with Crippen molar-refractivity contribution in [2.24, 2.45) is 41.4 Å². The fraction of sp³-hybridized carbons (Fsp3) is 1.00. The van der Waals surface area contributed by atoms with Crippen LogP contribution < -0.4 is 0 Å². The number of hydrogen-bond donors (Lipinski definition) is 0. The lowest BCUT2D eigenvalue weighted by Gasteiger charge is -2.48. The highest BCUT2D eigenvalue weighted by Crippen LogP contribution is 2.52. The summed E-state index contributed by atoms with van der Waals surface area (Å²) in [5, 5.41) is 0. The maximum Gasteiger partial charge on any atom is -0.0352 e. The molecule has 0 amide bonds. The largest absolute Gasteiger partial charge is 0.0622 e. The van der Waals surface area contributed by atoms with Crippen molar-refractivity contribution in [2.75, 3.05) is 0 Å². The molecule has 5 atom stereocenters. The van der Waals surface area contributed by atoms with Gasteiger partial charge < -0.3 is 0 Å². The molecule has 0 saturated heterocycles. The van der Waals surface area contributed by atoms with Gasteiger partial charge in [-0.3, -0.25) is 0 Å². The lowest BCUT2D eigenvalue weighted by molar-refractivity contribution is 0.0161. The van der Waals surface area contributed by atoms with Gasteiger partial charge in [0.2, 0.25) is 0 Å². The fourth-order valence-electron chi connectivity index (χ4n) is 8.12. The molecule has 4 saturated carbocycles. The summed E-state index contributed by atoms with van der Waals surface area (Å²) >= 11 is 0. The van der Waals surface area contributed by atoms with Crippen LogP contribution in [-0.2, 0) is 0 Å². The first kappa shape index (κ1) is 19.3. The van der Waals surface area contributed by atoms with Gasteiger partial charge in [0, 0.05) is 0 Å². The minimum absolute atomic E-state index is 1.01. The van der Waals surface area contributed by atoms with E-state index in [2.05, 4.69) is 6.92 Å². The molecular formula is C26H46. The molecule has 0 aromatic carbocycles. The Morgan fingerprint density at radius 3 is 1.88 bits per heavy atom. The van der Waals surface area contributed by atoms with Crippen LogP contribution in [0.2, 0.25) is 0 Å². The number of rotatable bonds is 5. The van der Waals surface area contributed by atoms with Crippen LogP contribution in [0.15, 0.2) is 0 Å². The lowest BCUT2D eigenvalue weighted by Crippen LogP contribution is -2.39. The van der Waals surface area contributed by atoms with Crippen LogP contribution in [0.5, 0.6) is 0 Å². The van der Waals surface area contributed by atoms with Gasteiger partial charge in [0.1, 0.15) is 0 Å². The molecule has 4 fully saturated rings. The van der Waals surface area contributed by atoms with E-state index in [1.165, 1.54) is 25.7 Å². The van der Waals surface area contributed by atoms with Crippen molar-refractivity contribution in [2.45, 2.75) is 122 Å². The molecular weight excluding hydrogens is 312 g/mol. The normalized spacial score (nSPS) is 37.0. The summed E-state index contributed by atoms with van der Waals surface area (Å²) in [5.74, 6) is 7.63. The molecule has 0 bridgehead atoms. The number of hydrogen-bond acceptors (Lipinski definition) is 0. The Kier molecular flexibility index (Phi) is 7.04. The number of fused-ring (bicyclic) bond motifs is 1. The van der Waals surface area contributed by atoms with Crippen molar-refractivity contribution in [1.29, 1.82) is 0 Å². The highest BCUT2D eigenvalue weighted by atomic mass is 14.5. The van der Waals surface area contributed by atoms with E-state index in [-0.39, 0.29) is 0 Å². The van der Waals surface area contributed by atoms with E-state index in [0.717, 1.165) is 41.4 Å². The average molecular weight is 359 g/mol. The Morgan fingerprint density at radius 2 is 1.15 bits per heavy atom. The third kappa shape index (κ3) is 4.52. The molecule has 0 radical (unpaired) electrons. The first-order valence-electron chi connectivity index (χ1n) is 12.8. The Bertz CT molecular complexity index is 398. The highest BCUT2D eigenvalue weighted by molar-refractivity contribution is 4.92. The van der Waals surface area contributed by atoms with Crippen LogP contribution in [0.1, 0.15) is 122 Å². The Hall–Kier alpha value is 0. The zero-order valence-electron chi connectivity index (χ0n) is 17.8. The van der Waals surface area contributed by atoms with Crippen LogP contribution in [0.25, 0.3) is 0 Å². The second kappa shape index (κ2) is 9.47. The van der Waals surface area contributed by atoms with Crippen molar-refractivity contribution in [1.82, 2.24) is 0 Å². The predicted molar refractivity (Wildman–Crippen MR) is 113 cm³/mol. The summed E-state index contributed by atoms with van der Waals surface area (Å²) in [5.41, 5.74) is 0. The highest BCUT2D eigenvalue weighted by Gasteiger charge is 2.42. The van der Waals surface area contributed by atoms with Gasteiger partial charge in [-0.25, -0.2) is 0 Å². The Morgan fingerprint density at radius 1 is 0.577 bits per heavy atom. The first-order valence-corrected chi connectivity index (χ1v) is 12.8. The fourth-order valence-corrected chi connectivity index (χ4v) is 8.12. The smallest absolute Gasteiger partial charge is 0.0352 e. The van der Waals surface area contributed by atoms with Crippen LogP contribution in [-0.4, -0.2) is 0 Å². The van der Waals surface area contributed by atoms with Gasteiger partial charge in [-0.15, -0.1) is 0 Å². The maximum atomic E-state index is 2.66. The van der Waals surface area contributed by atoms with E-state index in [1.54, 1.807) is 89.9 Å². The molecule has 150 valence electrons. The summed E-state index contributed by atoms with van der Waals surface area (Å²) in [6.45, 7) is 2.66. The monoisotopic (exact) mass is 358 g/mol. The zero-order chi connectivity index (χ0) is 17.8. The quantitative estimate of drug-likeness (QED) is 0.463. The van der Waals surface area contributed by atoms with Crippen molar-refractivity contribution in [3.05, 3.63) is 0 Å². The summed E-state index contributed by atoms with van der Waals surface area (Å²) in [6, 6.07) is 0. The van der Waals surface area contributed by atoms with Gasteiger partial charge in [-0.1, -0.05) is 103 Å². The third-order valence-electron chi connectivity index (χ3n) is 9.53. The van der Waals surface area contributed by atoms with Gasteiger partial charge in [0.25, 0.3) is 0 Å². The standard InChI is InChI=1S/C26H46/c1-20(21-11-4-2-5-12-21)19-26(23-13-6-3-7-14-23)25-18-10-16-22-15-8-9-17-24(22)25/h20-26H,2-19H2,1H3. The first-order chi connectivity index (χ1) is 12.8. The maximum absolute atomic E-state index is 2.66. The van der Waals surface area contributed by atoms with E-state index in [4.69, 9.17) is 0 Å². The molecule has 0 nitrogen and oxygen atoms in total. The SMILES string of the molecule is CC(CC(C1CCCCC1)C1CCCC2CCCCC21)C1CCCCC1. The summed E-state index contributed by atoms with van der Waals surface area (Å²) in [4.78, 5) is 0. The second-order valence-corrected chi connectivity index (χ2v) is 11.0. The van der Waals surface area contributed by atoms with Gasteiger partial charge >= 0.3 is 0 Å². The third-order valence-corrected chi connectivity index (χ3v) is 9.53. The molecule has 0 heteroatoms. The Labute approximate surface area is 164 Å². The second-order valence-electron chi connectivity index (χ2n) is 11.0. The van der Waals surface area contributed by atoms with E-state index in [0.29, 0.717) is 0 Å². The minimum Gasteiger partial charge on any atom is -0.0622 e. The van der Waals surface area contributed by atoms with Crippen molar-refractivity contribution < 1.29 is 0 Å². The molecule has 4 aliphatic carbocycles. The van der Waals surface area contributed by atoms with Gasteiger partial charge in [-0.2, -0.15) is 0 Å². The van der Waals surface area contributed by atoms with E-state index < -0.39 is 0 Å². The molecule has 0 aromatic heterocycles. The summed E-state index contributed by atoms with van der Waals surface area (Å²) < 4.78 is 0. The molecule has 0 aromatic rings. The van der Waals surface area contributed by atoms with Gasteiger partial charge in [0.05, 0.1) is 0 Å². The van der Waals surface area contributed by atoms with Crippen molar-refractivity contribution in [3.8, 4) is 0 Å². The predicted octanol–water partition coefficient (Wildman–Crippen LogP) is 8.40. The van der Waals surface area contributed by atoms with Crippen LogP contribution in [0.3, 0.4) is 0 Å². The topological polar surface area (TPSA) is 0 Å². The molecule has 4 rings (SSSR count). The molecule has 0 heterocycles.